The zero-order valence-electron chi connectivity index (χ0n) is 9.54. The molecule has 1 rings (SSSR count). The maximum atomic E-state index is 10.6. The Hall–Kier alpha value is -0.870. The largest absolute Gasteiger partial charge is 0.435 e. The van der Waals surface area contributed by atoms with Gasteiger partial charge in [0, 0.05) is 13.3 Å². The van der Waals surface area contributed by atoms with E-state index in [-0.39, 0.29) is 5.97 Å². The third-order valence-electron chi connectivity index (χ3n) is 2.30. The molecule has 0 aromatic heterocycles. The summed E-state index contributed by atoms with van der Waals surface area (Å²) in [6.45, 7) is 6.54. The van der Waals surface area contributed by atoms with E-state index in [9.17, 15) is 4.79 Å². The molecular weight excluding hydrogens is 196 g/mol. The highest BCUT2D eigenvalue weighted by molar-refractivity contribution is 5.66. The molecule has 0 aliphatic carbocycles. The van der Waals surface area contributed by atoms with Crippen molar-refractivity contribution in [2.75, 3.05) is 13.2 Å². The fourth-order valence-electron chi connectivity index (χ4n) is 1.37. The Balaban J connectivity index is 2.29. The van der Waals surface area contributed by atoms with Gasteiger partial charge in [0.05, 0.1) is 19.5 Å². The van der Waals surface area contributed by atoms with E-state index in [1.165, 1.54) is 13.2 Å². The van der Waals surface area contributed by atoms with Crippen molar-refractivity contribution >= 4 is 5.97 Å². The number of ether oxygens (including phenoxy) is 3. The van der Waals surface area contributed by atoms with E-state index in [1.54, 1.807) is 0 Å². The van der Waals surface area contributed by atoms with Gasteiger partial charge in [-0.15, -0.1) is 0 Å². The molecule has 1 heterocycles. The highest BCUT2D eigenvalue weighted by Crippen LogP contribution is 2.25. The first-order valence-electron chi connectivity index (χ1n) is 5.13. The van der Waals surface area contributed by atoms with Gasteiger partial charge in [-0.25, -0.2) is 0 Å². The number of allylic oxidation sites excluding steroid dienone is 1. The summed E-state index contributed by atoms with van der Waals surface area (Å²) >= 11 is 0. The Bertz CT molecular complexity index is 251. The van der Waals surface area contributed by atoms with Crippen molar-refractivity contribution in [2.45, 2.75) is 39.4 Å². The predicted octanol–water partition coefficient (Wildman–Crippen LogP) is 2.00. The molecule has 86 valence electrons. The molecule has 0 unspecified atom stereocenters. The van der Waals surface area contributed by atoms with Gasteiger partial charge in [-0.1, -0.05) is 0 Å². The summed E-state index contributed by atoms with van der Waals surface area (Å²) in [5.74, 6) is -0.764. The van der Waals surface area contributed by atoms with Crippen LogP contribution in [0.25, 0.3) is 0 Å². The van der Waals surface area contributed by atoms with Crippen molar-refractivity contribution in [1.29, 1.82) is 0 Å². The lowest BCUT2D eigenvalue weighted by atomic mass is 10.1. The van der Waals surface area contributed by atoms with Crippen LogP contribution in [0.15, 0.2) is 11.8 Å². The quantitative estimate of drug-likeness (QED) is 0.530. The molecule has 1 aliphatic rings. The van der Waals surface area contributed by atoms with E-state index < -0.39 is 5.79 Å². The maximum absolute atomic E-state index is 10.6. The van der Waals surface area contributed by atoms with E-state index in [1.807, 2.05) is 13.8 Å². The highest BCUT2D eigenvalue weighted by atomic mass is 16.7. The zero-order valence-corrected chi connectivity index (χ0v) is 9.54. The van der Waals surface area contributed by atoms with Crippen molar-refractivity contribution < 1.29 is 19.0 Å². The molecule has 0 radical (unpaired) electrons. The molecular formula is C11H18O4. The summed E-state index contributed by atoms with van der Waals surface area (Å²) in [5, 5.41) is 0. The van der Waals surface area contributed by atoms with Gasteiger partial charge in [-0.3, -0.25) is 4.79 Å². The van der Waals surface area contributed by atoms with Gasteiger partial charge in [0.15, 0.2) is 5.79 Å². The summed E-state index contributed by atoms with van der Waals surface area (Å²) < 4.78 is 15.7. The van der Waals surface area contributed by atoms with Gasteiger partial charge in [0.25, 0.3) is 0 Å². The first-order chi connectivity index (χ1) is 7.02. The molecule has 0 saturated carbocycles. The minimum atomic E-state index is -0.467. The summed E-state index contributed by atoms with van der Waals surface area (Å²) in [7, 11) is 0. The summed E-state index contributed by atoms with van der Waals surface area (Å²) in [6, 6.07) is 0. The Kier molecular flexibility index (Phi) is 4.29. The zero-order chi connectivity index (χ0) is 11.3. The topological polar surface area (TPSA) is 44.8 Å². The van der Waals surface area contributed by atoms with Crippen LogP contribution in [0, 0.1) is 0 Å². The van der Waals surface area contributed by atoms with Crippen LogP contribution in [0.5, 0.6) is 0 Å². The van der Waals surface area contributed by atoms with Crippen molar-refractivity contribution in [3.63, 3.8) is 0 Å². The number of hydrogen-bond acceptors (Lipinski definition) is 4. The van der Waals surface area contributed by atoms with Crippen molar-refractivity contribution in [3.05, 3.63) is 11.8 Å². The standard InChI is InChI=1S/C11H18O4/c1-9(8-13-10(2)12)4-5-11(3)14-6-7-15-11/h8H,4-7H2,1-3H3/b9-8+. The lowest BCUT2D eigenvalue weighted by molar-refractivity contribution is -0.146. The first kappa shape index (κ1) is 12.2. The average Bonchev–Trinajstić information content (AvgIpc) is 2.60. The van der Waals surface area contributed by atoms with Gasteiger partial charge in [0.2, 0.25) is 0 Å². The summed E-state index contributed by atoms with van der Waals surface area (Å²) in [6.07, 6.45) is 3.06. The molecule has 0 spiro atoms. The molecule has 0 N–H and O–H groups in total. The number of carbonyl (C=O) groups excluding carboxylic acids is 1. The van der Waals surface area contributed by atoms with E-state index in [4.69, 9.17) is 14.2 Å². The predicted molar refractivity (Wildman–Crippen MR) is 55.1 cm³/mol. The van der Waals surface area contributed by atoms with Gasteiger partial charge < -0.3 is 14.2 Å². The molecule has 1 saturated heterocycles. The van der Waals surface area contributed by atoms with Crippen LogP contribution in [0.3, 0.4) is 0 Å². The van der Waals surface area contributed by atoms with Gasteiger partial charge in [-0.2, -0.15) is 0 Å². The molecule has 0 aromatic rings. The molecule has 0 amide bonds. The first-order valence-corrected chi connectivity index (χ1v) is 5.13. The fraction of sp³-hybridized carbons (Fsp3) is 0.727. The third kappa shape index (κ3) is 4.44. The average molecular weight is 214 g/mol. The summed E-state index contributed by atoms with van der Waals surface area (Å²) in [5.41, 5.74) is 1.01. The fourth-order valence-corrected chi connectivity index (χ4v) is 1.37. The second kappa shape index (κ2) is 5.28. The van der Waals surface area contributed by atoms with Crippen LogP contribution in [0.1, 0.15) is 33.6 Å². The number of esters is 1. The Morgan fingerprint density at radius 2 is 2.00 bits per heavy atom. The van der Waals surface area contributed by atoms with Gasteiger partial charge >= 0.3 is 5.97 Å². The smallest absolute Gasteiger partial charge is 0.307 e. The molecule has 1 aliphatic heterocycles. The van der Waals surface area contributed by atoms with Crippen LogP contribution in [-0.4, -0.2) is 25.0 Å². The van der Waals surface area contributed by atoms with Crippen LogP contribution in [-0.2, 0) is 19.0 Å². The SMILES string of the molecule is CC(=O)O/C=C(\C)CCC1(C)OCCO1. The highest BCUT2D eigenvalue weighted by Gasteiger charge is 2.30. The monoisotopic (exact) mass is 214 g/mol. The second-order valence-electron chi connectivity index (χ2n) is 3.90. The normalized spacial score (nSPS) is 20.3. The Labute approximate surface area is 90.2 Å². The Morgan fingerprint density at radius 3 is 2.53 bits per heavy atom. The van der Waals surface area contributed by atoms with Crippen molar-refractivity contribution in [3.8, 4) is 0 Å². The lowest BCUT2D eigenvalue weighted by Crippen LogP contribution is -2.25. The van der Waals surface area contributed by atoms with Gasteiger partial charge in [-0.05, 0) is 25.8 Å². The van der Waals surface area contributed by atoms with Crippen LogP contribution in [0.4, 0.5) is 0 Å². The molecule has 1 fully saturated rings. The second-order valence-corrected chi connectivity index (χ2v) is 3.90. The van der Waals surface area contributed by atoms with Crippen LogP contribution in [0.2, 0.25) is 0 Å². The molecule has 0 bridgehead atoms. The van der Waals surface area contributed by atoms with E-state index in [0.29, 0.717) is 13.2 Å². The van der Waals surface area contributed by atoms with Crippen molar-refractivity contribution in [2.24, 2.45) is 0 Å². The maximum Gasteiger partial charge on any atom is 0.307 e. The molecule has 0 aromatic carbocycles. The molecule has 4 nitrogen and oxygen atoms in total. The molecule has 0 atom stereocenters. The van der Waals surface area contributed by atoms with E-state index in [0.717, 1.165) is 18.4 Å². The van der Waals surface area contributed by atoms with Crippen LogP contribution < -0.4 is 0 Å². The minimum absolute atomic E-state index is 0.297. The van der Waals surface area contributed by atoms with E-state index in [2.05, 4.69) is 0 Å². The number of hydrogen-bond donors (Lipinski definition) is 0. The van der Waals surface area contributed by atoms with E-state index >= 15 is 0 Å². The minimum Gasteiger partial charge on any atom is -0.435 e. The van der Waals surface area contributed by atoms with Crippen LogP contribution >= 0.6 is 0 Å². The lowest BCUT2D eigenvalue weighted by Gasteiger charge is -2.21. The number of rotatable bonds is 4. The third-order valence-corrected chi connectivity index (χ3v) is 2.30. The summed E-state index contributed by atoms with van der Waals surface area (Å²) in [4.78, 5) is 10.6. The molecule has 15 heavy (non-hydrogen) atoms. The van der Waals surface area contributed by atoms with Crippen molar-refractivity contribution in [1.82, 2.24) is 0 Å². The Morgan fingerprint density at radius 1 is 1.40 bits per heavy atom. The van der Waals surface area contributed by atoms with Gasteiger partial charge in [0.1, 0.15) is 0 Å². The number of carbonyl (C=O) groups is 1. The molecule has 4 heteroatoms.